The quantitative estimate of drug-likeness (QED) is 0.390. The third-order valence-electron chi connectivity index (χ3n) is 2.42. The van der Waals surface area contributed by atoms with Crippen LogP contribution in [0, 0.1) is 0 Å². The van der Waals surface area contributed by atoms with Gasteiger partial charge in [0.2, 0.25) is 0 Å². The third-order valence-corrected chi connectivity index (χ3v) is 2.78. The second-order valence-corrected chi connectivity index (χ2v) is 5.27. The smallest absolute Gasteiger partial charge is 0.433 e. The standard InChI is InChI=1S/C12H14O9S/c1-6(13)10-8(11(15)20-7(2)14)4-3-5-9(10)12(16)21-22(17,18)19/h3-7,13-14H,1-2H3,(H,17,18,19). The van der Waals surface area contributed by atoms with Gasteiger partial charge in [-0.3, -0.25) is 4.55 Å². The first-order valence-electron chi connectivity index (χ1n) is 5.94. The Bertz CT molecular complexity index is 676. The van der Waals surface area contributed by atoms with Gasteiger partial charge in [0.05, 0.1) is 17.2 Å². The summed E-state index contributed by atoms with van der Waals surface area (Å²) in [7, 11) is -5.05. The van der Waals surface area contributed by atoms with E-state index in [0.29, 0.717) is 0 Å². The summed E-state index contributed by atoms with van der Waals surface area (Å²) in [6, 6.07) is 3.51. The van der Waals surface area contributed by atoms with E-state index < -0.39 is 40.3 Å². The van der Waals surface area contributed by atoms with Crippen LogP contribution in [0.2, 0.25) is 0 Å². The summed E-state index contributed by atoms with van der Waals surface area (Å²) in [5, 5.41) is 18.8. The van der Waals surface area contributed by atoms with Crippen LogP contribution in [-0.4, -0.2) is 41.4 Å². The summed E-state index contributed by atoms with van der Waals surface area (Å²) in [6.45, 7) is 2.40. The molecule has 0 bridgehead atoms. The minimum atomic E-state index is -5.05. The first kappa shape index (κ1) is 18.0. The second-order valence-electron chi connectivity index (χ2n) is 4.25. The average molecular weight is 334 g/mol. The monoisotopic (exact) mass is 334 g/mol. The number of aliphatic hydroxyl groups is 2. The van der Waals surface area contributed by atoms with E-state index in [4.69, 9.17) is 9.66 Å². The molecule has 0 saturated carbocycles. The molecule has 0 saturated heterocycles. The van der Waals surface area contributed by atoms with Gasteiger partial charge in [0, 0.05) is 5.56 Å². The van der Waals surface area contributed by atoms with Crippen molar-refractivity contribution in [3.05, 3.63) is 34.9 Å². The number of rotatable bonds is 5. The number of carbonyl (C=O) groups excluding carboxylic acids is 2. The highest BCUT2D eigenvalue weighted by Crippen LogP contribution is 2.24. The van der Waals surface area contributed by atoms with Crippen LogP contribution in [-0.2, 0) is 19.3 Å². The predicted molar refractivity (Wildman–Crippen MR) is 71.1 cm³/mol. The molecule has 0 radical (unpaired) electrons. The predicted octanol–water partition coefficient (Wildman–Crippen LogP) is 0.195. The summed E-state index contributed by atoms with van der Waals surface area (Å²) in [5.41, 5.74) is -0.977. The fourth-order valence-electron chi connectivity index (χ4n) is 1.73. The van der Waals surface area contributed by atoms with Gasteiger partial charge in [-0.05, 0) is 26.0 Å². The first-order valence-corrected chi connectivity index (χ1v) is 7.30. The van der Waals surface area contributed by atoms with Crippen molar-refractivity contribution in [3.63, 3.8) is 0 Å². The van der Waals surface area contributed by atoms with E-state index in [0.717, 1.165) is 6.07 Å². The number of hydrogen-bond acceptors (Lipinski definition) is 8. The lowest BCUT2D eigenvalue weighted by molar-refractivity contribution is -0.0525. The molecule has 122 valence electrons. The molecule has 2 atom stereocenters. The first-order chi connectivity index (χ1) is 10.0. The van der Waals surface area contributed by atoms with Gasteiger partial charge < -0.3 is 19.1 Å². The van der Waals surface area contributed by atoms with Crippen molar-refractivity contribution in [2.24, 2.45) is 0 Å². The lowest BCUT2D eigenvalue weighted by Crippen LogP contribution is -2.20. The Morgan fingerprint density at radius 3 is 2.00 bits per heavy atom. The number of aliphatic hydroxyl groups excluding tert-OH is 2. The van der Waals surface area contributed by atoms with Crippen molar-refractivity contribution < 1.29 is 41.7 Å². The Balaban J connectivity index is 3.36. The number of carbonyl (C=O) groups is 2. The molecule has 22 heavy (non-hydrogen) atoms. The van der Waals surface area contributed by atoms with E-state index in [1.165, 1.54) is 26.0 Å². The zero-order chi connectivity index (χ0) is 17.1. The van der Waals surface area contributed by atoms with E-state index in [2.05, 4.69) is 8.92 Å². The Hall–Kier alpha value is -2.01. The van der Waals surface area contributed by atoms with Crippen molar-refractivity contribution in [3.8, 4) is 0 Å². The molecule has 0 aliphatic rings. The molecular weight excluding hydrogens is 320 g/mol. The Morgan fingerprint density at radius 2 is 1.59 bits per heavy atom. The molecule has 1 aromatic carbocycles. The molecule has 9 nitrogen and oxygen atoms in total. The molecular formula is C12H14O9S. The fourth-order valence-corrected chi connectivity index (χ4v) is 2.01. The maximum absolute atomic E-state index is 11.8. The number of esters is 1. The normalized spacial score (nSPS) is 14.0. The molecule has 0 fully saturated rings. The van der Waals surface area contributed by atoms with E-state index >= 15 is 0 Å². The summed E-state index contributed by atoms with van der Waals surface area (Å²) >= 11 is 0. The number of benzene rings is 1. The Morgan fingerprint density at radius 1 is 1.09 bits per heavy atom. The molecule has 3 N–H and O–H groups in total. The van der Waals surface area contributed by atoms with Crippen LogP contribution in [0.1, 0.15) is 46.2 Å². The molecule has 0 aromatic heterocycles. The average Bonchev–Trinajstić information content (AvgIpc) is 2.34. The Kier molecular flexibility index (Phi) is 5.60. The van der Waals surface area contributed by atoms with E-state index in [1.54, 1.807) is 0 Å². The largest absolute Gasteiger partial charge is 0.449 e. The molecule has 2 unspecified atom stereocenters. The van der Waals surface area contributed by atoms with E-state index in [1.807, 2.05) is 0 Å². The van der Waals surface area contributed by atoms with Crippen molar-refractivity contribution >= 4 is 22.3 Å². The molecule has 1 rings (SSSR count). The van der Waals surface area contributed by atoms with Gasteiger partial charge in [0.1, 0.15) is 0 Å². The van der Waals surface area contributed by atoms with Gasteiger partial charge in [-0.25, -0.2) is 9.59 Å². The second kappa shape index (κ2) is 6.83. The highest BCUT2D eigenvalue weighted by atomic mass is 32.3. The van der Waals surface area contributed by atoms with Gasteiger partial charge in [-0.2, -0.15) is 8.42 Å². The zero-order valence-corrected chi connectivity index (χ0v) is 12.4. The van der Waals surface area contributed by atoms with Crippen LogP contribution in [0.25, 0.3) is 0 Å². The minimum Gasteiger partial charge on any atom is -0.433 e. The van der Waals surface area contributed by atoms with Gasteiger partial charge in [-0.15, -0.1) is 0 Å². The molecule has 1 aromatic rings. The van der Waals surface area contributed by atoms with Gasteiger partial charge in [-0.1, -0.05) is 6.07 Å². The summed E-state index contributed by atoms with van der Waals surface area (Å²) in [6.07, 6.45) is -2.79. The zero-order valence-electron chi connectivity index (χ0n) is 11.6. The SMILES string of the molecule is CC(O)OC(=O)c1cccc(C(=O)OS(=O)(=O)O)c1C(C)O. The van der Waals surface area contributed by atoms with Crippen molar-refractivity contribution in [1.82, 2.24) is 0 Å². The third kappa shape index (κ3) is 4.77. The molecule has 10 heteroatoms. The van der Waals surface area contributed by atoms with Crippen LogP contribution in [0.3, 0.4) is 0 Å². The molecule has 0 spiro atoms. The van der Waals surface area contributed by atoms with Crippen LogP contribution in [0.15, 0.2) is 18.2 Å². The molecule has 0 aliphatic heterocycles. The number of ether oxygens (including phenoxy) is 1. The molecule has 0 aliphatic carbocycles. The molecule has 0 amide bonds. The Labute approximate surface area is 126 Å². The number of hydrogen-bond donors (Lipinski definition) is 3. The fraction of sp³-hybridized carbons (Fsp3) is 0.333. The van der Waals surface area contributed by atoms with Crippen molar-refractivity contribution in [1.29, 1.82) is 0 Å². The maximum Gasteiger partial charge on any atom is 0.449 e. The minimum absolute atomic E-state index is 0.262. The summed E-state index contributed by atoms with van der Waals surface area (Å²) in [5.74, 6) is -2.52. The van der Waals surface area contributed by atoms with Crippen molar-refractivity contribution in [2.75, 3.05) is 0 Å². The lowest BCUT2D eigenvalue weighted by Gasteiger charge is -2.16. The summed E-state index contributed by atoms with van der Waals surface area (Å²) < 4.78 is 38.0. The maximum atomic E-state index is 11.8. The topological polar surface area (TPSA) is 147 Å². The highest BCUT2D eigenvalue weighted by molar-refractivity contribution is 7.81. The van der Waals surface area contributed by atoms with Gasteiger partial charge >= 0.3 is 22.3 Å². The summed E-state index contributed by atoms with van der Waals surface area (Å²) in [4.78, 5) is 23.5. The van der Waals surface area contributed by atoms with Crippen LogP contribution in [0.5, 0.6) is 0 Å². The lowest BCUT2D eigenvalue weighted by atomic mass is 9.97. The van der Waals surface area contributed by atoms with Crippen LogP contribution in [0.4, 0.5) is 0 Å². The van der Waals surface area contributed by atoms with Crippen LogP contribution < -0.4 is 0 Å². The van der Waals surface area contributed by atoms with Gasteiger partial charge in [0.25, 0.3) is 0 Å². The van der Waals surface area contributed by atoms with Crippen molar-refractivity contribution in [2.45, 2.75) is 26.2 Å². The van der Waals surface area contributed by atoms with E-state index in [9.17, 15) is 23.1 Å². The molecule has 0 heterocycles. The van der Waals surface area contributed by atoms with Crippen LogP contribution >= 0.6 is 0 Å². The van der Waals surface area contributed by atoms with E-state index in [-0.39, 0.29) is 11.1 Å². The van der Waals surface area contributed by atoms with Gasteiger partial charge in [0.15, 0.2) is 6.29 Å². The highest BCUT2D eigenvalue weighted by Gasteiger charge is 2.26.